The van der Waals surface area contributed by atoms with E-state index in [2.05, 4.69) is 383 Å². The van der Waals surface area contributed by atoms with Crippen molar-refractivity contribution in [3.8, 4) is 61.6 Å². The minimum absolute atomic E-state index is 0.226. The third-order valence-electron chi connectivity index (χ3n) is 22.3. The SMILES string of the molecule is CC(C)(C)c1cc(-c2ccccc2)c2c(c1)c1ccccc1c1ccccc1c1cc(-c3ccccc3)cc3c1n2-c1cc(-n2c4ccccc4c4ccccc42)cc2c1B3c1cc(-c3ccccc3)cc3c4ccccc4c4ccccc4c4cc(C(C)(C)C)cc(-c5ccccc5)c4n-2c13. The summed E-state index contributed by atoms with van der Waals surface area (Å²) < 4.78 is 8.17. The Morgan fingerprint density at radius 3 is 0.843 bits per heavy atom. The van der Waals surface area contributed by atoms with Gasteiger partial charge in [-0.3, -0.25) is 0 Å². The van der Waals surface area contributed by atoms with Gasteiger partial charge in [-0.1, -0.05) is 308 Å². The van der Waals surface area contributed by atoms with Gasteiger partial charge in [0.05, 0.1) is 27.8 Å². The van der Waals surface area contributed by atoms with Crippen LogP contribution in [0.4, 0.5) is 0 Å². The van der Waals surface area contributed by atoms with Crippen molar-refractivity contribution in [3.63, 3.8) is 0 Å². The van der Waals surface area contributed by atoms with Gasteiger partial charge in [0, 0.05) is 65.9 Å². The summed E-state index contributed by atoms with van der Waals surface area (Å²) in [6.07, 6.45) is 0. The zero-order valence-electron chi connectivity index (χ0n) is 58.1. The first-order chi connectivity index (χ1) is 49.9. The number of para-hydroxylation sites is 2. The third-order valence-corrected chi connectivity index (χ3v) is 22.3. The lowest BCUT2D eigenvalue weighted by atomic mass is 9.34. The van der Waals surface area contributed by atoms with Crippen LogP contribution in [-0.4, -0.2) is 20.4 Å². The number of hydrogen-bond acceptors (Lipinski definition) is 0. The number of benzene rings is 15. The Hall–Kier alpha value is -12.2. The Bertz CT molecular complexity index is 6340. The van der Waals surface area contributed by atoms with Gasteiger partial charge < -0.3 is 13.7 Å². The Labute approximate surface area is 594 Å². The molecule has 0 spiro atoms. The first-order valence-electron chi connectivity index (χ1n) is 36.0. The molecule has 0 saturated heterocycles. The first-order valence-corrected chi connectivity index (χ1v) is 36.0. The second kappa shape index (κ2) is 22.6. The summed E-state index contributed by atoms with van der Waals surface area (Å²) in [6.45, 7) is 13.9. The zero-order valence-corrected chi connectivity index (χ0v) is 58.1. The van der Waals surface area contributed by atoms with Crippen molar-refractivity contribution in [1.29, 1.82) is 0 Å². The molecular weight excluding hydrogens is 1230 g/mol. The molecule has 4 heteroatoms. The van der Waals surface area contributed by atoms with Crippen LogP contribution >= 0.6 is 0 Å². The fourth-order valence-corrected chi connectivity index (χ4v) is 17.6. The highest BCUT2D eigenvalue weighted by molar-refractivity contribution is 7.00. The highest BCUT2D eigenvalue weighted by Gasteiger charge is 2.42. The summed E-state index contributed by atoms with van der Waals surface area (Å²) in [5.41, 5.74) is 25.4. The fraction of sp³-hybridized carbons (Fsp3) is 0.0816. The number of fused-ring (bicyclic) bond motifs is 21. The Morgan fingerprint density at radius 2 is 0.510 bits per heavy atom. The van der Waals surface area contributed by atoms with Crippen LogP contribution in [0.15, 0.2) is 328 Å². The van der Waals surface area contributed by atoms with E-state index in [1.165, 1.54) is 147 Å². The number of rotatable bonds is 5. The predicted octanol–water partition coefficient (Wildman–Crippen LogP) is 24.2. The van der Waals surface area contributed by atoms with E-state index in [-0.39, 0.29) is 17.5 Å². The van der Waals surface area contributed by atoms with Gasteiger partial charge >= 0.3 is 0 Å². The molecule has 0 fully saturated rings. The van der Waals surface area contributed by atoms with E-state index in [1.807, 2.05) is 0 Å². The van der Waals surface area contributed by atoms with Crippen LogP contribution in [0.3, 0.4) is 0 Å². The van der Waals surface area contributed by atoms with E-state index in [1.54, 1.807) is 0 Å². The molecule has 3 nitrogen and oxygen atoms in total. The number of aromatic nitrogens is 3. The average molecular weight is 1300 g/mol. The molecule has 18 aromatic rings. The molecule has 0 saturated carbocycles. The van der Waals surface area contributed by atoms with Gasteiger partial charge in [-0.25, -0.2) is 0 Å². The zero-order chi connectivity index (χ0) is 68.3. The number of hydrogen-bond donors (Lipinski definition) is 0. The maximum atomic E-state index is 2.80. The van der Waals surface area contributed by atoms with E-state index in [0.29, 0.717) is 0 Å². The predicted molar refractivity (Wildman–Crippen MR) is 439 cm³/mol. The fourth-order valence-electron chi connectivity index (χ4n) is 17.6. The molecule has 20 rings (SSSR count). The molecule has 5 heterocycles. The second-order valence-electron chi connectivity index (χ2n) is 30.3. The summed E-state index contributed by atoms with van der Waals surface area (Å²) in [5, 5.41) is 16.6. The summed E-state index contributed by atoms with van der Waals surface area (Å²) in [7, 11) is 0. The maximum absolute atomic E-state index is 2.80. The van der Waals surface area contributed by atoms with E-state index in [9.17, 15) is 0 Å². The van der Waals surface area contributed by atoms with Crippen LogP contribution in [0.25, 0.3) is 170 Å². The van der Waals surface area contributed by atoms with E-state index in [0.717, 1.165) is 50.3 Å². The molecule has 0 amide bonds. The van der Waals surface area contributed by atoms with Gasteiger partial charge in [0.15, 0.2) is 0 Å². The van der Waals surface area contributed by atoms with Gasteiger partial charge in [0.1, 0.15) is 0 Å². The monoisotopic (exact) mass is 1300 g/mol. The van der Waals surface area contributed by atoms with Gasteiger partial charge in [-0.15, -0.1) is 0 Å². The molecule has 0 aliphatic carbocycles. The summed E-state index contributed by atoms with van der Waals surface area (Å²) in [5.74, 6) is 0. The summed E-state index contributed by atoms with van der Waals surface area (Å²) in [6, 6.07) is 126. The standard InChI is InChI=1S/C98H72BN3/c1-97(2,3)67-55-80(63-35-15-9-16-36-63)93-84(57-67)76-45-25-21-41-72(76)70-39-19-23-43-74(70)82-51-65(61-31-11-7-12-32-61)53-86-95(82)101(93)90-59-69(100-88-49-29-27-47-78(88)79-48-28-30-50-89(79)100)60-91-92(90)99(86)87-54-66(62-33-13-8-14-34-62)52-83-75-44-24-20-40-71(75)73-42-22-26-46-77(73)85-58-68(98(4,5)6)56-81(64-37-17-10-18-38-64)94(85)102(91)96(83)87/h7-60H,1-6H3. The van der Waals surface area contributed by atoms with Crippen LogP contribution in [-0.2, 0) is 10.8 Å². The van der Waals surface area contributed by atoms with Gasteiger partial charge in [-0.05, 0) is 175 Å². The van der Waals surface area contributed by atoms with Crippen molar-refractivity contribution in [2.75, 3.05) is 0 Å². The van der Waals surface area contributed by atoms with Crippen molar-refractivity contribution in [2.24, 2.45) is 0 Å². The summed E-state index contributed by atoms with van der Waals surface area (Å²) in [4.78, 5) is 0. The highest BCUT2D eigenvalue weighted by Crippen LogP contribution is 2.48. The largest absolute Gasteiger partial charge is 0.309 e. The highest BCUT2D eigenvalue weighted by atomic mass is 15.1. The van der Waals surface area contributed by atoms with Crippen LogP contribution in [0, 0.1) is 0 Å². The molecule has 2 aliphatic heterocycles. The van der Waals surface area contributed by atoms with Gasteiger partial charge in [-0.2, -0.15) is 0 Å². The maximum Gasteiger partial charge on any atom is 0.252 e. The Morgan fingerprint density at radius 1 is 0.225 bits per heavy atom. The molecule has 0 atom stereocenters. The van der Waals surface area contributed by atoms with Crippen molar-refractivity contribution in [2.45, 2.75) is 52.4 Å². The van der Waals surface area contributed by atoms with Crippen LogP contribution in [0.5, 0.6) is 0 Å². The van der Waals surface area contributed by atoms with E-state index in [4.69, 9.17) is 0 Å². The van der Waals surface area contributed by atoms with Crippen LogP contribution < -0.4 is 16.4 Å². The Kier molecular flexibility index (Phi) is 13.3. The van der Waals surface area contributed by atoms with Crippen LogP contribution in [0.1, 0.15) is 52.7 Å². The second-order valence-corrected chi connectivity index (χ2v) is 30.3. The van der Waals surface area contributed by atoms with Gasteiger partial charge in [0.25, 0.3) is 6.71 Å². The molecule has 0 N–H and O–H groups in total. The molecule has 0 radical (unpaired) electrons. The van der Waals surface area contributed by atoms with E-state index >= 15 is 0 Å². The molecule has 0 unspecified atom stereocenters. The topological polar surface area (TPSA) is 14.8 Å². The third kappa shape index (κ3) is 9.08. The molecule has 2 aliphatic rings. The minimum Gasteiger partial charge on any atom is -0.309 e. The average Bonchev–Trinajstić information content (AvgIpc) is 0.999. The van der Waals surface area contributed by atoms with Crippen molar-refractivity contribution in [1.82, 2.24) is 13.7 Å². The first kappa shape index (κ1) is 59.8. The molecular formula is C98H72BN3. The molecule has 102 heavy (non-hydrogen) atoms. The quantitative estimate of drug-likeness (QED) is 0.153. The smallest absolute Gasteiger partial charge is 0.252 e. The van der Waals surface area contributed by atoms with Crippen molar-refractivity contribution < 1.29 is 0 Å². The minimum atomic E-state index is -0.343. The Balaban J connectivity index is 1.16. The lowest BCUT2D eigenvalue weighted by Crippen LogP contribution is -2.60. The molecule has 0 bridgehead atoms. The normalized spacial score (nSPS) is 12.6. The lowest BCUT2D eigenvalue weighted by molar-refractivity contribution is 0.591. The van der Waals surface area contributed by atoms with Crippen LogP contribution in [0.2, 0.25) is 0 Å². The van der Waals surface area contributed by atoms with E-state index < -0.39 is 0 Å². The van der Waals surface area contributed by atoms with Crippen molar-refractivity contribution >= 4 is 132 Å². The lowest BCUT2D eigenvalue weighted by Gasteiger charge is -2.37. The molecule has 3 aromatic heterocycles. The number of nitrogens with zero attached hydrogens (tertiary/aromatic N) is 3. The van der Waals surface area contributed by atoms with Crippen molar-refractivity contribution in [3.05, 3.63) is 339 Å². The van der Waals surface area contributed by atoms with Gasteiger partial charge in [0.2, 0.25) is 0 Å². The summed E-state index contributed by atoms with van der Waals surface area (Å²) >= 11 is 0. The molecule has 482 valence electrons. The molecule has 15 aromatic carbocycles.